The summed E-state index contributed by atoms with van der Waals surface area (Å²) in [4.78, 5) is 11.2. The van der Waals surface area contributed by atoms with Crippen molar-refractivity contribution in [3.8, 4) is 22.6 Å². The summed E-state index contributed by atoms with van der Waals surface area (Å²) >= 11 is 0. The van der Waals surface area contributed by atoms with Crippen LogP contribution in [0.3, 0.4) is 0 Å². The van der Waals surface area contributed by atoms with Crippen LogP contribution in [-0.2, 0) is 24.2 Å². The number of carboxylic acid groups (broad SMARTS) is 1. The number of ether oxygens (including phenoxy) is 2. The number of rotatable bonds is 8. The first kappa shape index (κ1) is 31.8. The summed E-state index contributed by atoms with van der Waals surface area (Å²) in [7, 11) is 2.58. The summed E-state index contributed by atoms with van der Waals surface area (Å²) in [6.07, 6.45) is 2.70. The quantitative estimate of drug-likeness (QED) is 0.306. The van der Waals surface area contributed by atoms with Gasteiger partial charge >= 0.3 is 5.97 Å². The molecule has 6 heteroatoms. The number of carbonyl (C=O) groups is 1. The lowest BCUT2D eigenvalue weighted by atomic mass is 9.84. The molecule has 2 N–H and O–H groups in total. The van der Waals surface area contributed by atoms with Crippen LogP contribution in [0.1, 0.15) is 75.6 Å². The van der Waals surface area contributed by atoms with E-state index < -0.39 is 5.97 Å². The fourth-order valence-corrected chi connectivity index (χ4v) is 4.90. The third-order valence-corrected chi connectivity index (χ3v) is 6.50. The first-order chi connectivity index (χ1) is 18.6. The van der Waals surface area contributed by atoms with Gasteiger partial charge in [0.05, 0.1) is 13.5 Å². The first-order valence-electron chi connectivity index (χ1n) is 13.5. The predicted octanol–water partition coefficient (Wildman–Crippen LogP) is 7.81. The van der Waals surface area contributed by atoms with Crippen LogP contribution in [0.5, 0.6) is 11.5 Å². The average Bonchev–Trinajstić information content (AvgIpc) is 3.31. The molecule has 4 rings (SSSR count). The van der Waals surface area contributed by atoms with Crippen molar-refractivity contribution >= 4 is 5.97 Å². The molecule has 0 bridgehead atoms. The summed E-state index contributed by atoms with van der Waals surface area (Å²) in [5, 5.41) is 16.2. The summed E-state index contributed by atoms with van der Waals surface area (Å²) in [5.41, 5.74) is 5.75. The van der Waals surface area contributed by atoms with Crippen LogP contribution >= 0.6 is 0 Å². The Kier molecular flexibility index (Phi) is 12.0. The van der Waals surface area contributed by atoms with Crippen molar-refractivity contribution in [1.82, 2.24) is 0 Å². The standard InChI is InChI=1S/C30H33FO4.C2H6.CH4O/c1-30(2,3)17-22-13-19(5-11-25(22)27-15-23(34-4)10-12-28(27)31)18-35-24-9-8-20-6-7-21(14-29(32)33)26(20)16-24;2*1-2/h5,8-13,15-16,21H,6-7,14,17-18H2,1-4H3,(H,32,33);1-2H3;2H,1H3. The van der Waals surface area contributed by atoms with Crippen LogP contribution < -0.4 is 9.47 Å². The molecule has 3 aromatic carbocycles. The Hall–Kier alpha value is -3.38. The Morgan fingerprint density at radius 3 is 2.31 bits per heavy atom. The maximum Gasteiger partial charge on any atom is 0.303 e. The predicted molar refractivity (Wildman–Crippen MR) is 155 cm³/mol. The van der Waals surface area contributed by atoms with E-state index in [4.69, 9.17) is 14.6 Å². The van der Waals surface area contributed by atoms with Gasteiger partial charge in [-0.3, -0.25) is 4.79 Å². The van der Waals surface area contributed by atoms with Gasteiger partial charge in [-0.2, -0.15) is 0 Å². The second-order valence-electron chi connectivity index (χ2n) is 10.6. The lowest BCUT2D eigenvalue weighted by Crippen LogP contribution is -2.11. The molecule has 1 aliphatic carbocycles. The highest BCUT2D eigenvalue weighted by molar-refractivity contribution is 5.70. The Bertz CT molecular complexity index is 1230. The molecule has 5 nitrogen and oxygen atoms in total. The Labute approximate surface area is 232 Å². The van der Waals surface area contributed by atoms with E-state index in [1.807, 2.05) is 44.2 Å². The monoisotopic (exact) mass is 538 g/mol. The van der Waals surface area contributed by atoms with E-state index in [-0.39, 0.29) is 23.6 Å². The molecule has 0 saturated carbocycles. The van der Waals surface area contributed by atoms with Crippen molar-refractivity contribution in [2.75, 3.05) is 14.2 Å². The third-order valence-electron chi connectivity index (χ3n) is 6.50. The fraction of sp³-hybridized carbons (Fsp3) is 0.424. The minimum atomic E-state index is -0.770. The van der Waals surface area contributed by atoms with Crippen molar-refractivity contribution in [3.05, 3.63) is 82.7 Å². The molecule has 1 atom stereocenters. The molecule has 212 valence electrons. The van der Waals surface area contributed by atoms with E-state index in [1.165, 1.54) is 11.6 Å². The molecule has 3 aromatic rings. The molecule has 0 heterocycles. The maximum atomic E-state index is 14.8. The molecular formula is C33H43FO5. The molecule has 0 amide bonds. The Morgan fingerprint density at radius 1 is 0.974 bits per heavy atom. The van der Waals surface area contributed by atoms with Crippen LogP contribution in [-0.4, -0.2) is 30.4 Å². The van der Waals surface area contributed by atoms with Gasteiger partial charge in [-0.25, -0.2) is 4.39 Å². The van der Waals surface area contributed by atoms with Crippen LogP contribution in [0, 0.1) is 11.2 Å². The second kappa shape index (κ2) is 14.7. The van der Waals surface area contributed by atoms with Crippen LogP contribution in [0.2, 0.25) is 0 Å². The lowest BCUT2D eigenvalue weighted by Gasteiger charge is -2.22. The number of methoxy groups -OCH3 is 1. The molecule has 0 fully saturated rings. The van der Waals surface area contributed by atoms with Gasteiger partial charge in [-0.1, -0.05) is 58.9 Å². The average molecular weight is 539 g/mol. The van der Waals surface area contributed by atoms with Crippen molar-refractivity contribution in [2.45, 2.75) is 72.8 Å². The van der Waals surface area contributed by atoms with E-state index in [0.29, 0.717) is 17.9 Å². The zero-order valence-electron chi connectivity index (χ0n) is 24.3. The van der Waals surface area contributed by atoms with Crippen molar-refractivity contribution < 1.29 is 28.9 Å². The van der Waals surface area contributed by atoms with Gasteiger partial charge in [0.1, 0.15) is 23.9 Å². The molecule has 0 aliphatic heterocycles. The topological polar surface area (TPSA) is 76.0 Å². The fourth-order valence-electron chi connectivity index (χ4n) is 4.90. The number of carboxylic acids is 1. The molecule has 1 unspecified atom stereocenters. The van der Waals surface area contributed by atoms with E-state index in [1.54, 1.807) is 19.2 Å². The van der Waals surface area contributed by atoms with Gasteiger partial charge in [0, 0.05) is 12.7 Å². The third kappa shape index (κ3) is 8.82. The number of hydrogen-bond donors (Lipinski definition) is 2. The minimum absolute atomic E-state index is 0.0166. The smallest absolute Gasteiger partial charge is 0.303 e. The van der Waals surface area contributed by atoms with E-state index in [0.717, 1.165) is 54.4 Å². The number of aryl methyl sites for hydroxylation is 1. The molecule has 0 aromatic heterocycles. The number of aliphatic hydroxyl groups is 1. The summed E-state index contributed by atoms with van der Waals surface area (Å²) in [6.45, 7) is 10.9. The van der Waals surface area contributed by atoms with Crippen molar-refractivity contribution in [2.24, 2.45) is 5.41 Å². The summed E-state index contributed by atoms with van der Waals surface area (Å²) < 4.78 is 26.2. The van der Waals surface area contributed by atoms with Gasteiger partial charge in [0.2, 0.25) is 0 Å². The summed E-state index contributed by atoms with van der Waals surface area (Å²) in [5.74, 6) is 0.350. The zero-order chi connectivity index (χ0) is 29.2. The second-order valence-corrected chi connectivity index (χ2v) is 10.6. The van der Waals surface area contributed by atoms with Gasteiger partial charge in [-0.05, 0) is 88.7 Å². The number of hydrogen-bond acceptors (Lipinski definition) is 4. The number of fused-ring (bicyclic) bond motifs is 1. The van der Waals surface area contributed by atoms with E-state index in [2.05, 4.69) is 26.8 Å². The molecule has 1 aliphatic rings. The molecule has 0 radical (unpaired) electrons. The van der Waals surface area contributed by atoms with Crippen molar-refractivity contribution in [1.29, 1.82) is 0 Å². The zero-order valence-corrected chi connectivity index (χ0v) is 24.3. The molecule has 39 heavy (non-hydrogen) atoms. The normalized spacial score (nSPS) is 13.8. The van der Waals surface area contributed by atoms with Crippen molar-refractivity contribution in [3.63, 3.8) is 0 Å². The number of aliphatic carboxylic acids is 1. The minimum Gasteiger partial charge on any atom is -0.497 e. The molecule has 0 saturated heterocycles. The van der Waals surface area contributed by atoms with Gasteiger partial charge in [0.15, 0.2) is 0 Å². The van der Waals surface area contributed by atoms with Gasteiger partial charge in [-0.15, -0.1) is 0 Å². The van der Waals surface area contributed by atoms with Gasteiger partial charge in [0.25, 0.3) is 0 Å². The lowest BCUT2D eigenvalue weighted by molar-refractivity contribution is -0.137. The van der Waals surface area contributed by atoms with E-state index >= 15 is 0 Å². The molecule has 0 spiro atoms. The molecular weight excluding hydrogens is 495 g/mol. The number of halogens is 1. The van der Waals surface area contributed by atoms with Gasteiger partial charge < -0.3 is 19.7 Å². The van der Waals surface area contributed by atoms with Crippen LogP contribution in [0.4, 0.5) is 4.39 Å². The summed E-state index contributed by atoms with van der Waals surface area (Å²) in [6, 6.07) is 16.8. The Balaban J connectivity index is 0.00000127. The number of benzene rings is 3. The first-order valence-corrected chi connectivity index (χ1v) is 13.5. The number of aliphatic hydroxyl groups excluding tert-OH is 1. The Morgan fingerprint density at radius 2 is 1.67 bits per heavy atom. The maximum absolute atomic E-state index is 14.8. The highest BCUT2D eigenvalue weighted by Crippen LogP contribution is 2.38. The highest BCUT2D eigenvalue weighted by atomic mass is 19.1. The van der Waals surface area contributed by atoms with Crippen LogP contribution in [0.15, 0.2) is 54.6 Å². The van der Waals surface area contributed by atoms with Crippen LogP contribution in [0.25, 0.3) is 11.1 Å². The highest BCUT2D eigenvalue weighted by Gasteiger charge is 2.25. The SMILES string of the molecule is CC.CO.COc1ccc(F)c(-c2ccc(COc3ccc4c(c3)C(CC(=O)O)CC4)cc2CC(C)(C)C)c1. The van der Waals surface area contributed by atoms with E-state index in [9.17, 15) is 14.3 Å². The largest absolute Gasteiger partial charge is 0.497 e.